The molecule has 106 valence electrons. The lowest BCUT2D eigenvalue weighted by molar-refractivity contribution is 0.514. The Kier molecular flexibility index (Phi) is 2.93. The quantitative estimate of drug-likeness (QED) is 0.882. The molecule has 21 heavy (non-hydrogen) atoms. The molecule has 2 aromatic carbocycles. The van der Waals surface area contributed by atoms with Gasteiger partial charge in [0.25, 0.3) is 0 Å². The van der Waals surface area contributed by atoms with E-state index >= 15 is 0 Å². The zero-order valence-electron chi connectivity index (χ0n) is 11.9. The minimum Gasteiger partial charge on any atom is -0.312 e. The van der Waals surface area contributed by atoms with Gasteiger partial charge in [-0.15, -0.1) is 0 Å². The first-order valence-corrected chi connectivity index (χ1v) is 7.50. The maximum atomic E-state index is 14.2. The summed E-state index contributed by atoms with van der Waals surface area (Å²) in [5, 5.41) is 3.58. The van der Waals surface area contributed by atoms with Gasteiger partial charge in [0.2, 0.25) is 0 Å². The molecule has 4 rings (SSSR count). The molecule has 1 fully saturated rings. The predicted molar refractivity (Wildman–Crippen MR) is 83.6 cm³/mol. The minimum absolute atomic E-state index is 0.0803. The number of halogens is 1. The Morgan fingerprint density at radius 2 is 1.90 bits per heavy atom. The zero-order chi connectivity index (χ0) is 14.4. The van der Waals surface area contributed by atoms with Crippen LogP contribution in [0.25, 0.3) is 5.57 Å². The van der Waals surface area contributed by atoms with Crippen LogP contribution in [0.4, 0.5) is 4.39 Å². The Bertz CT molecular complexity index is 692. The van der Waals surface area contributed by atoms with Crippen molar-refractivity contribution in [3.8, 4) is 0 Å². The summed E-state index contributed by atoms with van der Waals surface area (Å²) in [5.74, 6) is 0.475. The summed E-state index contributed by atoms with van der Waals surface area (Å²) in [6.45, 7) is 5.11. The summed E-state index contributed by atoms with van der Waals surface area (Å²) in [6.07, 6.45) is 0.969. The molecule has 2 aliphatic rings. The molecule has 0 bridgehead atoms. The van der Waals surface area contributed by atoms with Crippen molar-refractivity contribution in [3.63, 3.8) is 0 Å². The van der Waals surface area contributed by atoms with Crippen LogP contribution < -0.4 is 5.32 Å². The molecule has 0 aromatic heterocycles. The molecular weight excluding hydrogens is 261 g/mol. The van der Waals surface area contributed by atoms with Gasteiger partial charge >= 0.3 is 0 Å². The Morgan fingerprint density at radius 3 is 2.71 bits per heavy atom. The molecular formula is C19H18FN. The van der Waals surface area contributed by atoms with Crippen LogP contribution in [-0.2, 0) is 6.42 Å². The SMILES string of the molecule is C=C1c2cccc(F)c2C2CNC(Cc3ccccc3)C12. The summed E-state index contributed by atoms with van der Waals surface area (Å²) in [6, 6.07) is 16.2. The van der Waals surface area contributed by atoms with Crippen molar-refractivity contribution in [2.24, 2.45) is 5.92 Å². The molecule has 0 saturated carbocycles. The smallest absolute Gasteiger partial charge is 0.127 e. The van der Waals surface area contributed by atoms with Crippen LogP contribution in [0, 0.1) is 11.7 Å². The first-order valence-electron chi connectivity index (χ1n) is 7.50. The highest BCUT2D eigenvalue weighted by molar-refractivity contribution is 5.76. The van der Waals surface area contributed by atoms with E-state index < -0.39 is 0 Å². The van der Waals surface area contributed by atoms with E-state index in [1.807, 2.05) is 12.1 Å². The fourth-order valence-corrected chi connectivity index (χ4v) is 4.02. The second-order valence-electron chi connectivity index (χ2n) is 6.06. The third kappa shape index (κ3) is 1.94. The zero-order valence-corrected chi connectivity index (χ0v) is 11.9. The van der Waals surface area contributed by atoms with Gasteiger partial charge in [0.1, 0.15) is 5.82 Å². The first kappa shape index (κ1) is 12.8. The van der Waals surface area contributed by atoms with E-state index in [4.69, 9.17) is 0 Å². The lowest BCUT2D eigenvalue weighted by Gasteiger charge is -2.20. The summed E-state index contributed by atoms with van der Waals surface area (Å²) in [7, 11) is 0. The van der Waals surface area contributed by atoms with E-state index in [1.54, 1.807) is 12.1 Å². The van der Waals surface area contributed by atoms with Crippen LogP contribution in [0.15, 0.2) is 55.1 Å². The Labute approximate surface area is 124 Å². The van der Waals surface area contributed by atoms with E-state index in [1.165, 1.54) is 5.56 Å². The molecule has 2 heteroatoms. The fraction of sp³-hybridized carbons (Fsp3) is 0.263. The maximum Gasteiger partial charge on any atom is 0.127 e. The number of hydrogen-bond acceptors (Lipinski definition) is 1. The van der Waals surface area contributed by atoms with Gasteiger partial charge in [-0.2, -0.15) is 0 Å². The number of nitrogens with one attached hydrogen (secondary N) is 1. The van der Waals surface area contributed by atoms with Gasteiger partial charge in [0, 0.05) is 30.0 Å². The van der Waals surface area contributed by atoms with Gasteiger partial charge in [-0.25, -0.2) is 4.39 Å². The van der Waals surface area contributed by atoms with Crippen molar-refractivity contribution in [3.05, 3.63) is 77.6 Å². The molecule has 0 spiro atoms. The molecule has 1 saturated heterocycles. The van der Waals surface area contributed by atoms with Crippen LogP contribution >= 0.6 is 0 Å². The molecule has 3 atom stereocenters. The van der Waals surface area contributed by atoms with E-state index in [-0.39, 0.29) is 11.7 Å². The van der Waals surface area contributed by atoms with Crippen molar-refractivity contribution in [2.75, 3.05) is 6.54 Å². The molecule has 0 amide bonds. The van der Waals surface area contributed by atoms with Crippen LogP contribution in [-0.4, -0.2) is 12.6 Å². The topological polar surface area (TPSA) is 12.0 Å². The van der Waals surface area contributed by atoms with Crippen molar-refractivity contribution in [2.45, 2.75) is 18.4 Å². The fourth-order valence-electron chi connectivity index (χ4n) is 4.02. The van der Waals surface area contributed by atoms with Gasteiger partial charge in [-0.05, 0) is 29.2 Å². The molecule has 3 unspecified atom stereocenters. The van der Waals surface area contributed by atoms with E-state index in [0.717, 1.165) is 29.7 Å². The van der Waals surface area contributed by atoms with Crippen LogP contribution in [0.1, 0.15) is 22.6 Å². The molecule has 1 heterocycles. The molecule has 1 aliphatic carbocycles. The maximum absolute atomic E-state index is 14.2. The number of benzene rings is 2. The largest absolute Gasteiger partial charge is 0.312 e. The third-order valence-electron chi connectivity index (χ3n) is 4.94. The Balaban J connectivity index is 1.66. The first-order chi connectivity index (χ1) is 10.3. The molecule has 0 radical (unpaired) electrons. The Morgan fingerprint density at radius 1 is 1.10 bits per heavy atom. The van der Waals surface area contributed by atoms with Gasteiger partial charge in [-0.1, -0.05) is 49.0 Å². The second kappa shape index (κ2) is 4.81. The number of fused-ring (bicyclic) bond motifs is 3. The highest BCUT2D eigenvalue weighted by Crippen LogP contribution is 2.50. The monoisotopic (exact) mass is 279 g/mol. The van der Waals surface area contributed by atoms with Gasteiger partial charge in [0.05, 0.1) is 0 Å². The van der Waals surface area contributed by atoms with Gasteiger partial charge in [0.15, 0.2) is 0 Å². The van der Waals surface area contributed by atoms with Crippen LogP contribution in [0.3, 0.4) is 0 Å². The molecule has 1 nitrogen and oxygen atoms in total. The second-order valence-corrected chi connectivity index (χ2v) is 6.06. The van der Waals surface area contributed by atoms with Crippen LogP contribution in [0.2, 0.25) is 0 Å². The third-order valence-corrected chi connectivity index (χ3v) is 4.94. The van der Waals surface area contributed by atoms with Crippen LogP contribution in [0.5, 0.6) is 0 Å². The highest BCUT2D eigenvalue weighted by Gasteiger charge is 2.45. The van der Waals surface area contributed by atoms with Gasteiger partial charge < -0.3 is 5.32 Å². The Hall–Kier alpha value is -1.93. The van der Waals surface area contributed by atoms with Crippen molar-refractivity contribution < 1.29 is 4.39 Å². The number of hydrogen-bond donors (Lipinski definition) is 1. The summed E-state index contributed by atoms with van der Waals surface area (Å²) >= 11 is 0. The average Bonchev–Trinajstić information content (AvgIpc) is 3.02. The standard InChI is InChI=1S/C19H18FN/c1-12-14-8-5-9-16(20)19(14)15-11-21-17(18(12)15)10-13-6-3-2-4-7-13/h2-9,15,17-18,21H,1,10-11H2. The molecule has 1 N–H and O–H groups in total. The lowest BCUT2D eigenvalue weighted by atomic mass is 9.86. The van der Waals surface area contributed by atoms with E-state index in [2.05, 4.69) is 36.2 Å². The molecule has 2 aromatic rings. The lowest BCUT2D eigenvalue weighted by Crippen LogP contribution is -2.29. The number of rotatable bonds is 2. The van der Waals surface area contributed by atoms with Gasteiger partial charge in [-0.3, -0.25) is 0 Å². The van der Waals surface area contributed by atoms with Crippen molar-refractivity contribution >= 4 is 5.57 Å². The normalized spacial score (nSPS) is 26.7. The minimum atomic E-state index is -0.0803. The predicted octanol–water partition coefficient (Wildman–Crippen LogP) is 3.77. The summed E-state index contributed by atoms with van der Waals surface area (Å²) in [5.41, 5.74) is 4.32. The van der Waals surface area contributed by atoms with Crippen molar-refractivity contribution in [1.29, 1.82) is 0 Å². The summed E-state index contributed by atoms with van der Waals surface area (Å²) in [4.78, 5) is 0. The molecule has 1 aliphatic heterocycles. The highest BCUT2D eigenvalue weighted by atomic mass is 19.1. The average molecular weight is 279 g/mol. The van der Waals surface area contributed by atoms with E-state index in [9.17, 15) is 4.39 Å². The van der Waals surface area contributed by atoms with E-state index in [0.29, 0.717) is 12.0 Å². The van der Waals surface area contributed by atoms with Crippen molar-refractivity contribution in [1.82, 2.24) is 5.32 Å². The summed E-state index contributed by atoms with van der Waals surface area (Å²) < 4.78 is 14.2.